The highest BCUT2D eigenvalue weighted by Gasteiger charge is 2.24. The number of amides is 3. The van der Waals surface area contributed by atoms with Crippen LogP contribution in [-0.2, 0) is 0 Å². The van der Waals surface area contributed by atoms with E-state index in [0.29, 0.717) is 31.1 Å². The number of urea groups is 1. The molecule has 126 valence electrons. The zero-order chi connectivity index (χ0) is 16.9. The molecule has 3 rings (SSSR count). The summed E-state index contributed by atoms with van der Waals surface area (Å²) in [6.45, 7) is 2.51. The molecule has 0 spiro atoms. The fourth-order valence-corrected chi connectivity index (χ4v) is 3.31. The van der Waals surface area contributed by atoms with Gasteiger partial charge >= 0.3 is 6.03 Å². The van der Waals surface area contributed by atoms with Crippen molar-refractivity contribution in [2.24, 2.45) is 0 Å². The number of benzene rings is 1. The minimum atomic E-state index is -0.345. The Morgan fingerprint density at radius 1 is 1.08 bits per heavy atom. The minimum absolute atomic E-state index is 0.340. The third-order valence-electron chi connectivity index (χ3n) is 3.96. The average molecular weight is 345 g/mol. The van der Waals surface area contributed by atoms with E-state index in [4.69, 9.17) is 4.74 Å². The van der Waals surface area contributed by atoms with Crippen molar-refractivity contribution in [3.8, 4) is 5.75 Å². The Hall–Kier alpha value is -2.54. The number of methoxy groups -OCH3 is 1. The van der Waals surface area contributed by atoms with Crippen molar-refractivity contribution in [3.05, 3.63) is 46.7 Å². The van der Waals surface area contributed by atoms with Crippen LogP contribution in [0.25, 0.3) is 0 Å². The summed E-state index contributed by atoms with van der Waals surface area (Å²) in [4.78, 5) is 28.6. The van der Waals surface area contributed by atoms with E-state index in [0.717, 1.165) is 11.4 Å². The number of ether oxygens (including phenoxy) is 1. The van der Waals surface area contributed by atoms with E-state index in [1.807, 2.05) is 29.6 Å². The largest absolute Gasteiger partial charge is 0.495 e. The van der Waals surface area contributed by atoms with Gasteiger partial charge in [0.25, 0.3) is 5.91 Å². The Bertz CT molecular complexity index is 710. The fourth-order valence-electron chi connectivity index (χ4n) is 2.69. The quantitative estimate of drug-likeness (QED) is 0.928. The first-order valence-corrected chi connectivity index (χ1v) is 8.58. The van der Waals surface area contributed by atoms with Crippen molar-refractivity contribution in [2.75, 3.05) is 38.2 Å². The van der Waals surface area contributed by atoms with Gasteiger partial charge in [0.1, 0.15) is 5.75 Å². The summed E-state index contributed by atoms with van der Waals surface area (Å²) in [7, 11) is 1.65. The molecule has 1 aliphatic heterocycles. The molecule has 2 aromatic rings. The molecule has 6 nitrogen and oxygen atoms in total. The highest BCUT2D eigenvalue weighted by atomic mass is 32.1. The van der Waals surface area contributed by atoms with Crippen LogP contribution in [0.5, 0.6) is 5.75 Å². The van der Waals surface area contributed by atoms with Gasteiger partial charge in [-0.25, -0.2) is 4.79 Å². The van der Waals surface area contributed by atoms with Gasteiger partial charge in [0.05, 0.1) is 17.7 Å². The maximum absolute atomic E-state index is 12.2. The number of para-hydroxylation sites is 2. The predicted molar refractivity (Wildman–Crippen MR) is 94.0 cm³/mol. The second kappa shape index (κ2) is 7.35. The van der Waals surface area contributed by atoms with Crippen molar-refractivity contribution in [1.82, 2.24) is 10.2 Å². The van der Waals surface area contributed by atoms with Crippen LogP contribution < -0.4 is 15.0 Å². The molecule has 1 fully saturated rings. The molecule has 1 aromatic heterocycles. The molecule has 3 amide bonds. The van der Waals surface area contributed by atoms with Crippen molar-refractivity contribution < 1.29 is 14.3 Å². The monoisotopic (exact) mass is 345 g/mol. The number of carbonyl (C=O) groups is 2. The Morgan fingerprint density at radius 2 is 1.83 bits per heavy atom. The number of carbonyl (C=O) groups excluding carboxylic acids is 2. The lowest BCUT2D eigenvalue weighted by molar-refractivity contribution is 0.0955. The summed E-state index contributed by atoms with van der Waals surface area (Å²) < 4.78 is 5.39. The smallest absolute Gasteiger partial charge is 0.324 e. The maximum Gasteiger partial charge on any atom is 0.324 e. The number of anilines is 1. The lowest BCUT2D eigenvalue weighted by Crippen LogP contribution is -2.52. The van der Waals surface area contributed by atoms with E-state index in [9.17, 15) is 9.59 Å². The normalized spacial score (nSPS) is 14.4. The second-order valence-electron chi connectivity index (χ2n) is 5.38. The second-order valence-corrected chi connectivity index (χ2v) is 6.33. The molecular weight excluding hydrogens is 326 g/mol. The first-order chi connectivity index (χ1) is 11.7. The first-order valence-electron chi connectivity index (χ1n) is 7.71. The van der Waals surface area contributed by atoms with E-state index in [-0.39, 0.29) is 11.9 Å². The highest BCUT2D eigenvalue weighted by molar-refractivity contribution is 7.12. The summed E-state index contributed by atoms with van der Waals surface area (Å²) in [5.41, 5.74) is 1.02. The van der Waals surface area contributed by atoms with Crippen LogP contribution in [0.1, 0.15) is 9.67 Å². The van der Waals surface area contributed by atoms with Crippen molar-refractivity contribution in [3.63, 3.8) is 0 Å². The number of hydrogen-bond acceptors (Lipinski definition) is 5. The van der Waals surface area contributed by atoms with Gasteiger partial charge in [0.2, 0.25) is 0 Å². The van der Waals surface area contributed by atoms with Crippen LogP contribution in [0.4, 0.5) is 10.5 Å². The predicted octanol–water partition coefficient (Wildman–Crippen LogP) is 2.43. The number of hydrogen-bond donors (Lipinski definition) is 1. The van der Waals surface area contributed by atoms with Gasteiger partial charge in [-0.2, -0.15) is 0 Å². The van der Waals surface area contributed by atoms with Gasteiger partial charge in [-0.3, -0.25) is 10.1 Å². The molecule has 0 unspecified atom stereocenters. The average Bonchev–Trinajstić information content (AvgIpc) is 3.16. The third kappa shape index (κ3) is 3.51. The molecule has 1 aromatic carbocycles. The SMILES string of the molecule is COc1ccccc1N1CCN(C(=O)NC(=O)c2cccs2)CC1. The highest BCUT2D eigenvalue weighted by Crippen LogP contribution is 2.28. The lowest BCUT2D eigenvalue weighted by atomic mass is 10.2. The van der Waals surface area contributed by atoms with Crippen LogP contribution in [0, 0.1) is 0 Å². The number of thiophene rings is 1. The number of nitrogens with zero attached hydrogens (tertiary/aromatic N) is 2. The minimum Gasteiger partial charge on any atom is -0.495 e. The Kier molecular flexibility index (Phi) is 5.00. The van der Waals surface area contributed by atoms with E-state index >= 15 is 0 Å². The van der Waals surface area contributed by atoms with Gasteiger partial charge < -0.3 is 14.5 Å². The summed E-state index contributed by atoms with van der Waals surface area (Å²) in [6, 6.07) is 11.0. The van der Waals surface area contributed by atoms with Crippen molar-refractivity contribution in [1.29, 1.82) is 0 Å². The summed E-state index contributed by atoms with van der Waals surface area (Å²) in [5.74, 6) is 0.477. The number of rotatable bonds is 3. The maximum atomic E-state index is 12.2. The van der Waals surface area contributed by atoms with E-state index in [1.54, 1.807) is 24.1 Å². The van der Waals surface area contributed by atoms with E-state index in [2.05, 4.69) is 10.2 Å². The fraction of sp³-hybridized carbons (Fsp3) is 0.294. The Morgan fingerprint density at radius 3 is 2.50 bits per heavy atom. The molecule has 24 heavy (non-hydrogen) atoms. The lowest BCUT2D eigenvalue weighted by Gasteiger charge is -2.36. The molecule has 1 saturated heterocycles. The van der Waals surface area contributed by atoms with Gasteiger partial charge in [-0.1, -0.05) is 18.2 Å². The van der Waals surface area contributed by atoms with Gasteiger partial charge in [-0.05, 0) is 23.6 Å². The summed E-state index contributed by atoms with van der Waals surface area (Å²) in [5, 5.41) is 4.26. The zero-order valence-electron chi connectivity index (χ0n) is 13.4. The molecule has 0 bridgehead atoms. The Labute approximate surface area is 144 Å². The molecular formula is C17H19N3O3S. The number of piperazine rings is 1. The summed E-state index contributed by atoms with van der Waals surface area (Å²) in [6.07, 6.45) is 0. The van der Waals surface area contributed by atoms with E-state index < -0.39 is 0 Å². The van der Waals surface area contributed by atoms with Gasteiger partial charge in [-0.15, -0.1) is 11.3 Å². The first kappa shape index (κ1) is 16.3. The van der Waals surface area contributed by atoms with Crippen LogP contribution in [-0.4, -0.2) is 50.1 Å². The molecule has 7 heteroatoms. The van der Waals surface area contributed by atoms with Crippen LogP contribution >= 0.6 is 11.3 Å². The molecule has 0 atom stereocenters. The van der Waals surface area contributed by atoms with Gasteiger partial charge in [0.15, 0.2) is 0 Å². The summed E-state index contributed by atoms with van der Waals surface area (Å²) >= 11 is 1.32. The molecule has 1 aliphatic rings. The van der Waals surface area contributed by atoms with Crippen molar-refractivity contribution >= 4 is 29.0 Å². The molecule has 0 saturated carbocycles. The van der Waals surface area contributed by atoms with E-state index in [1.165, 1.54) is 11.3 Å². The molecule has 0 aliphatic carbocycles. The van der Waals surface area contributed by atoms with Crippen LogP contribution in [0.15, 0.2) is 41.8 Å². The third-order valence-corrected chi connectivity index (χ3v) is 4.83. The van der Waals surface area contributed by atoms with Crippen LogP contribution in [0.2, 0.25) is 0 Å². The molecule has 2 heterocycles. The number of imide groups is 1. The zero-order valence-corrected chi connectivity index (χ0v) is 14.2. The van der Waals surface area contributed by atoms with Crippen LogP contribution in [0.3, 0.4) is 0 Å². The molecule has 0 radical (unpaired) electrons. The Balaban J connectivity index is 1.57. The standard InChI is InChI=1S/C17H19N3O3S/c1-23-14-6-3-2-5-13(14)19-8-10-20(11-9-19)17(22)18-16(21)15-7-4-12-24-15/h2-7,12H,8-11H2,1H3,(H,18,21,22). The topological polar surface area (TPSA) is 61.9 Å². The van der Waals surface area contributed by atoms with Crippen molar-refractivity contribution in [2.45, 2.75) is 0 Å². The molecule has 1 N–H and O–H groups in total. The van der Waals surface area contributed by atoms with Gasteiger partial charge in [0, 0.05) is 26.2 Å². The number of nitrogens with one attached hydrogen (secondary N) is 1.